The fourth-order valence-electron chi connectivity index (χ4n) is 4.48. The Hall–Kier alpha value is -2.49. The van der Waals surface area contributed by atoms with Crippen molar-refractivity contribution in [3.8, 4) is 5.75 Å². The van der Waals surface area contributed by atoms with Crippen LogP contribution < -0.4 is 10.1 Å². The van der Waals surface area contributed by atoms with Gasteiger partial charge in [0, 0.05) is 31.7 Å². The Morgan fingerprint density at radius 3 is 3.00 bits per heavy atom. The van der Waals surface area contributed by atoms with Crippen LogP contribution in [0.4, 0.5) is 5.69 Å². The number of carbonyl (C=O) groups is 1. The molecule has 1 aliphatic heterocycles. The van der Waals surface area contributed by atoms with Gasteiger partial charge in [0.05, 0.1) is 13.5 Å². The zero-order valence-corrected chi connectivity index (χ0v) is 16.3. The third-order valence-corrected chi connectivity index (χ3v) is 5.97. The monoisotopic (exact) mass is 364 g/mol. The molecule has 0 spiro atoms. The van der Waals surface area contributed by atoms with Crippen molar-refractivity contribution >= 4 is 11.6 Å². The van der Waals surface area contributed by atoms with Gasteiger partial charge in [0.1, 0.15) is 5.75 Å². The number of nitrogens with zero attached hydrogens (tertiary/aromatic N) is 1. The van der Waals surface area contributed by atoms with Gasteiger partial charge in [-0.1, -0.05) is 24.3 Å². The van der Waals surface area contributed by atoms with Crippen LogP contribution in [0, 0.1) is 0 Å². The predicted octanol–water partition coefficient (Wildman–Crippen LogP) is 3.78. The number of hydrogen-bond acceptors (Lipinski definition) is 3. The third kappa shape index (κ3) is 3.66. The highest BCUT2D eigenvalue weighted by molar-refractivity contribution is 5.79. The molecule has 1 N–H and O–H groups in total. The molecule has 0 fully saturated rings. The molecule has 0 saturated heterocycles. The topological polar surface area (TPSA) is 41.6 Å². The predicted molar refractivity (Wildman–Crippen MR) is 109 cm³/mol. The van der Waals surface area contributed by atoms with Crippen LogP contribution in [0.25, 0.3) is 0 Å². The molecule has 2 aromatic rings. The molecule has 0 radical (unpaired) electrons. The molecule has 1 atom stereocenters. The lowest BCUT2D eigenvalue weighted by Gasteiger charge is -2.30. The second-order valence-electron chi connectivity index (χ2n) is 7.74. The molecule has 1 heterocycles. The van der Waals surface area contributed by atoms with Crippen LogP contribution in [0.1, 0.15) is 41.0 Å². The molecule has 2 aliphatic rings. The summed E-state index contributed by atoms with van der Waals surface area (Å²) in [6.45, 7) is 1.76. The van der Waals surface area contributed by atoms with Gasteiger partial charge in [-0.2, -0.15) is 0 Å². The number of hydrogen-bond donors (Lipinski definition) is 1. The van der Waals surface area contributed by atoms with E-state index in [1.807, 2.05) is 18.0 Å². The number of benzene rings is 2. The molecule has 1 aliphatic carbocycles. The zero-order chi connectivity index (χ0) is 18.8. The lowest BCUT2D eigenvalue weighted by molar-refractivity contribution is -0.129. The maximum absolute atomic E-state index is 12.8. The van der Waals surface area contributed by atoms with Crippen LogP contribution in [-0.2, 0) is 24.1 Å². The van der Waals surface area contributed by atoms with E-state index in [4.69, 9.17) is 4.74 Å². The van der Waals surface area contributed by atoms with Gasteiger partial charge in [-0.3, -0.25) is 4.79 Å². The first-order valence-corrected chi connectivity index (χ1v) is 9.91. The minimum Gasteiger partial charge on any atom is -0.496 e. The van der Waals surface area contributed by atoms with E-state index in [1.165, 1.54) is 22.4 Å². The maximum atomic E-state index is 12.8. The average molecular weight is 364 g/mol. The summed E-state index contributed by atoms with van der Waals surface area (Å²) in [7, 11) is 3.67. The second kappa shape index (κ2) is 7.63. The first-order valence-electron chi connectivity index (χ1n) is 9.91. The standard InChI is InChI=1S/C23H28N2O2/c1-25(23(26)14-16-9-10-17-11-12-24-21(17)13-16)15-18-5-3-7-20-19(18)6-4-8-22(20)27-2/h4,6,8-10,13,18,24H,3,5,7,11-12,14-15H2,1-2H3/t18-/m0/s1. The molecule has 4 heteroatoms. The maximum Gasteiger partial charge on any atom is 0.226 e. The van der Waals surface area contributed by atoms with E-state index < -0.39 is 0 Å². The Kier molecular flexibility index (Phi) is 5.06. The summed E-state index contributed by atoms with van der Waals surface area (Å²) in [4.78, 5) is 14.7. The summed E-state index contributed by atoms with van der Waals surface area (Å²) in [6, 6.07) is 12.7. The molecule has 0 aromatic heterocycles. The van der Waals surface area contributed by atoms with E-state index in [9.17, 15) is 4.79 Å². The Balaban J connectivity index is 1.44. The Bertz CT molecular complexity index is 846. The summed E-state index contributed by atoms with van der Waals surface area (Å²) in [6.07, 6.45) is 4.88. The zero-order valence-electron chi connectivity index (χ0n) is 16.3. The second-order valence-corrected chi connectivity index (χ2v) is 7.74. The first-order chi connectivity index (χ1) is 13.2. The average Bonchev–Trinajstić information content (AvgIpc) is 3.15. The van der Waals surface area contributed by atoms with Crippen LogP contribution in [0.2, 0.25) is 0 Å². The van der Waals surface area contributed by atoms with E-state index in [0.717, 1.165) is 50.1 Å². The Morgan fingerprint density at radius 1 is 1.26 bits per heavy atom. The number of anilines is 1. The van der Waals surface area contributed by atoms with Crippen molar-refractivity contribution in [3.05, 3.63) is 58.7 Å². The molecule has 1 amide bonds. The van der Waals surface area contributed by atoms with E-state index in [2.05, 4.69) is 35.6 Å². The van der Waals surface area contributed by atoms with Crippen LogP contribution in [-0.4, -0.2) is 38.1 Å². The minimum absolute atomic E-state index is 0.183. The van der Waals surface area contributed by atoms with Crippen LogP contribution in [0.15, 0.2) is 36.4 Å². The SMILES string of the molecule is COc1cccc2c1CCC[C@H]2CN(C)C(=O)Cc1ccc2c(c1)NCC2. The van der Waals surface area contributed by atoms with Crippen LogP contribution >= 0.6 is 0 Å². The van der Waals surface area contributed by atoms with Crippen LogP contribution in [0.3, 0.4) is 0 Å². The third-order valence-electron chi connectivity index (χ3n) is 5.97. The fourth-order valence-corrected chi connectivity index (χ4v) is 4.48. The molecule has 27 heavy (non-hydrogen) atoms. The highest BCUT2D eigenvalue weighted by Gasteiger charge is 2.25. The van der Waals surface area contributed by atoms with Gasteiger partial charge >= 0.3 is 0 Å². The molecule has 0 saturated carbocycles. The van der Waals surface area contributed by atoms with Crippen molar-refractivity contribution in [1.82, 2.24) is 4.90 Å². The summed E-state index contributed by atoms with van der Waals surface area (Å²) < 4.78 is 5.54. The van der Waals surface area contributed by atoms with Gasteiger partial charge in [-0.05, 0) is 60.1 Å². The lowest BCUT2D eigenvalue weighted by Crippen LogP contribution is -2.33. The van der Waals surface area contributed by atoms with E-state index in [0.29, 0.717) is 12.3 Å². The number of rotatable bonds is 5. The first kappa shape index (κ1) is 17.9. The van der Waals surface area contributed by atoms with Crippen molar-refractivity contribution in [2.24, 2.45) is 0 Å². The molecule has 0 unspecified atom stereocenters. The number of ether oxygens (including phenoxy) is 1. The molecule has 4 rings (SSSR count). The Labute approximate surface area is 161 Å². The van der Waals surface area contributed by atoms with E-state index in [1.54, 1.807) is 7.11 Å². The van der Waals surface area contributed by atoms with E-state index in [-0.39, 0.29) is 5.91 Å². The van der Waals surface area contributed by atoms with Crippen molar-refractivity contribution in [3.63, 3.8) is 0 Å². The number of fused-ring (bicyclic) bond motifs is 2. The summed E-state index contributed by atoms with van der Waals surface area (Å²) in [5.74, 6) is 1.55. The van der Waals surface area contributed by atoms with Gasteiger partial charge < -0.3 is 15.0 Å². The molecule has 2 aromatic carbocycles. The highest BCUT2D eigenvalue weighted by Crippen LogP contribution is 2.37. The fraction of sp³-hybridized carbons (Fsp3) is 0.435. The number of likely N-dealkylation sites (N-methyl/N-ethyl adjacent to an activating group) is 1. The van der Waals surface area contributed by atoms with Crippen molar-refractivity contribution in [1.29, 1.82) is 0 Å². The quantitative estimate of drug-likeness (QED) is 0.878. The van der Waals surface area contributed by atoms with Crippen LogP contribution in [0.5, 0.6) is 5.75 Å². The molecule has 142 valence electrons. The number of nitrogens with one attached hydrogen (secondary N) is 1. The molecule has 4 nitrogen and oxygen atoms in total. The number of amides is 1. The molecular weight excluding hydrogens is 336 g/mol. The van der Waals surface area contributed by atoms with Gasteiger partial charge in [-0.15, -0.1) is 0 Å². The minimum atomic E-state index is 0.183. The summed E-state index contributed by atoms with van der Waals surface area (Å²) >= 11 is 0. The van der Waals surface area contributed by atoms with Gasteiger partial charge in [-0.25, -0.2) is 0 Å². The summed E-state index contributed by atoms with van der Waals surface area (Å²) in [5.41, 5.74) is 6.30. The van der Waals surface area contributed by atoms with Crippen molar-refractivity contribution in [2.75, 3.05) is 32.6 Å². The van der Waals surface area contributed by atoms with Gasteiger partial charge in [0.15, 0.2) is 0 Å². The molecular formula is C23H28N2O2. The van der Waals surface area contributed by atoms with Crippen molar-refractivity contribution < 1.29 is 9.53 Å². The van der Waals surface area contributed by atoms with E-state index >= 15 is 0 Å². The number of carbonyl (C=O) groups excluding carboxylic acids is 1. The Morgan fingerprint density at radius 2 is 2.15 bits per heavy atom. The van der Waals surface area contributed by atoms with Gasteiger partial charge in [0.2, 0.25) is 5.91 Å². The van der Waals surface area contributed by atoms with Crippen molar-refractivity contribution in [2.45, 2.75) is 38.0 Å². The smallest absolute Gasteiger partial charge is 0.226 e. The highest BCUT2D eigenvalue weighted by atomic mass is 16.5. The lowest BCUT2D eigenvalue weighted by atomic mass is 9.82. The largest absolute Gasteiger partial charge is 0.496 e. The molecule has 0 bridgehead atoms. The summed E-state index contributed by atoms with van der Waals surface area (Å²) in [5, 5.41) is 3.39. The normalized spacial score (nSPS) is 17.6. The van der Waals surface area contributed by atoms with Gasteiger partial charge in [0.25, 0.3) is 0 Å². The number of methoxy groups -OCH3 is 1.